The molecule has 0 spiro atoms. The molecule has 0 aliphatic heterocycles. The van der Waals surface area contributed by atoms with Gasteiger partial charge in [-0.05, 0) is 27.7 Å². The lowest BCUT2D eigenvalue weighted by atomic mass is 10.3. The van der Waals surface area contributed by atoms with Crippen molar-refractivity contribution in [3.8, 4) is 0 Å². The Labute approximate surface area is 78.3 Å². The van der Waals surface area contributed by atoms with E-state index in [4.69, 9.17) is 0 Å². The van der Waals surface area contributed by atoms with Crippen molar-refractivity contribution in [3.63, 3.8) is 0 Å². The molecule has 0 aliphatic carbocycles. The number of carbonyl (C=O) groups is 3. The highest BCUT2D eigenvalue weighted by Gasteiger charge is 2.03. The van der Waals surface area contributed by atoms with Crippen LogP contribution in [0.2, 0.25) is 0 Å². The predicted octanol–water partition coefficient (Wildman–Crippen LogP) is 1.12. The summed E-state index contributed by atoms with van der Waals surface area (Å²) in [7, 11) is 0. The molecule has 0 amide bonds. The van der Waals surface area contributed by atoms with E-state index in [2.05, 4.69) is 4.74 Å². The lowest BCUT2D eigenvalue weighted by molar-refractivity contribution is -0.145. The Balaban J connectivity index is 0. The van der Waals surface area contributed by atoms with Crippen LogP contribution in [-0.4, -0.2) is 24.1 Å². The number of esters is 1. The third-order valence-corrected chi connectivity index (χ3v) is 0.699. The minimum atomic E-state index is -0.440. The van der Waals surface area contributed by atoms with E-state index in [1.807, 2.05) is 0 Å². The lowest BCUT2D eigenvalue weighted by Gasteiger charge is -1.96. The minimum absolute atomic E-state index is 0.103. The smallest absolute Gasteiger partial charge is 0.313 e. The van der Waals surface area contributed by atoms with Crippen LogP contribution in [-0.2, 0) is 19.1 Å². The minimum Gasteiger partial charge on any atom is -0.466 e. The molecule has 0 aromatic rings. The van der Waals surface area contributed by atoms with Gasteiger partial charge in [-0.3, -0.25) is 9.59 Å². The second-order valence-electron chi connectivity index (χ2n) is 2.59. The standard InChI is InChI=1S/C6H10O3.C3H6O/c1-3-9-6(8)4-5(2)7;1-3(2)4/h3-4H2,1-2H3;1-2H3. The predicted molar refractivity (Wildman–Crippen MR) is 48.3 cm³/mol. The van der Waals surface area contributed by atoms with Crippen LogP contribution in [0.15, 0.2) is 0 Å². The number of carbonyl (C=O) groups excluding carboxylic acids is 3. The highest BCUT2D eigenvalue weighted by atomic mass is 16.5. The fraction of sp³-hybridized carbons (Fsp3) is 0.667. The van der Waals surface area contributed by atoms with Gasteiger partial charge < -0.3 is 9.53 Å². The first-order valence-electron chi connectivity index (χ1n) is 4.02. The molecular formula is C9H16O4. The van der Waals surface area contributed by atoms with Crippen LogP contribution in [0, 0.1) is 0 Å². The molecule has 0 aromatic heterocycles. The fourth-order valence-electron chi connectivity index (χ4n) is 0.415. The van der Waals surface area contributed by atoms with Crippen LogP contribution in [0.4, 0.5) is 0 Å². The summed E-state index contributed by atoms with van der Waals surface area (Å²) < 4.78 is 4.49. The van der Waals surface area contributed by atoms with Gasteiger partial charge >= 0.3 is 5.97 Å². The van der Waals surface area contributed by atoms with Crippen LogP contribution in [0.25, 0.3) is 0 Å². The lowest BCUT2D eigenvalue weighted by Crippen LogP contribution is -2.07. The van der Waals surface area contributed by atoms with Crippen molar-refractivity contribution in [2.45, 2.75) is 34.1 Å². The Hall–Kier alpha value is -1.19. The van der Waals surface area contributed by atoms with Gasteiger partial charge in [-0.2, -0.15) is 0 Å². The molecule has 0 fully saturated rings. The van der Waals surface area contributed by atoms with Crippen molar-refractivity contribution in [2.75, 3.05) is 6.61 Å². The molecule has 0 saturated carbocycles. The van der Waals surface area contributed by atoms with Crippen LogP contribution in [0.5, 0.6) is 0 Å². The normalized spacial score (nSPS) is 8.00. The van der Waals surface area contributed by atoms with Crippen LogP contribution in [0.1, 0.15) is 34.1 Å². The van der Waals surface area contributed by atoms with Gasteiger partial charge in [-0.15, -0.1) is 0 Å². The zero-order valence-corrected chi connectivity index (χ0v) is 8.55. The average Bonchev–Trinajstić information content (AvgIpc) is 1.83. The summed E-state index contributed by atoms with van der Waals surface area (Å²) in [5, 5.41) is 0. The maximum atomic E-state index is 10.4. The van der Waals surface area contributed by atoms with Gasteiger partial charge in [0.05, 0.1) is 6.61 Å². The highest BCUT2D eigenvalue weighted by Crippen LogP contribution is 1.86. The van der Waals surface area contributed by atoms with Crippen LogP contribution in [0.3, 0.4) is 0 Å². The first-order chi connectivity index (χ1) is 5.90. The number of Topliss-reactive ketones (excluding diaryl/α,β-unsaturated/α-hetero) is 2. The van der Waals surface area contributed by atoms with Crippen LogP contribution < -0.4 is 0 Å². The maximum absolute atomic E-state index is 10.4. The maximum Gasteiger partial charge on any atom is 0.313 e. The highest BCUT2D eigenvalue weighted by molar-refractivity contribution is 5.94. The van der Waals surface area contributed by atoms with Crippen molar-refractivity contribution >= 4 is 17.5 Å². The van der Waals surface area contributed by atoms with E-state index in [9.17, 15) is 14.4 Å². The van der Waals surface area contributed by atoms with Gasteiger partial charge in [0.15, 0.2) is 0 Å². The molecule has 0 bridgehead atoms. The summed E-state index contributed by atoms with van der Waals surface area (Å²) in [6.07, 6.45) is -0.103. The molecule has 0 radical (unpaired) electrons. The van der Waals surface area contributed by atoms with Gasteiger partial charge in [-0.1, -0.05) is 0 Å². The largest absolute Gasteiger partial charge is 0.466 e. The fourth-order valence-corrected chi connectivity index (χ4v) is 0.415. The number of hydrogen-bond donors (Lipinski definition) is 0. The van der Waals surface area contributed by atoms with Crippen molar-refractivity contribution in [1.82, 2.24) is 0 Å². The van der Waals surface area contributed by atoms with Crippen molar-refractivity contribution in [2.24, 2.45) is 0 Å². The van der Waals surface area contributed by atoms with Crippen molar-refractivity contribution in [3.05, 3.63) is 0 Å². The summed E-state index contributed by atoms with van der Waals surface area (Å²) >= 11 is 0. The average molecular weight is 188 g/mol. The van der Waals surface area contributed by atoms with Gasteiger partial charge in [0.25, 0.3) is 0 Å². The van der Waals surface area contributed by atoms with E-state index >= 15 is 0 Å². The molecule has 0 saturated heterocycles. The third kappa shape index (κ3) is 24.9. The number of ketones is 2. The Kier molecular flexibility index (Phi) is 9.82. The molecule has 0 aliphatic rings. The van der Waals surface area contributed by atoms with E-state index in [0.29, 0.717) is 6.61 Å². The van der Waals surface area contributed by atoms with Gasteiger partial charge in [0, 0.05) is 0 Å². The molecule has 0 atom stereocenters. The molecule has 0 N–H and O–H groups in total. The van der Waals surface area contributed by atoms with Gasteiger partial charge in [0.1, 0.15) is 18.0 Å². The summed E-state index contributed by atoms with van der Waals surface area (Å²) in [5.74, 6) is -0.432. The molecule has 4 heteroatoms. The number of hydrogen-bond acceptors (Lipinski definition) is 4. The molecule has 76 valence electrons. The zero-order chi connectivity index (χ0) is 10.9. The second kappa shape index (κ2) is 8.90. The summed E-state index contributed by atoms with van der Waals surface area (Å²) in [6.45, 7) is 6.46. The topological polar surface area (TPSA) is 60.4 Å². The summed E-state index contributed by atoms with van der Waals surface area (Å²) in [4.78, 5) is 30.1. The van der Waals surface area contributed by atoms with Gasteiger partial charge in [-0.25, -0.2) is 0 Å². The summed E-state index contributed by atoms with van der Waals surface area (Å²) in [5.41, 5.74) is 0. The summed E-state index contributed by atoms with van der Waals surface area (Å²) in [6, 6.07) is 0. The van der Waals surface area contributed by atoms with Crippen molar-refractivity contribution < 1.29 is 19.1 Å². The van der Waals surface area contributed by atoms with E-state index < -0.39 is 5.97 Å². The molecule has 0 unspecified atom stereocenters. The number of rotatable bonds is 3. The van der Waals surface area contributed by atoms with E-state index in [0.717, 1.165) is 0 Å². The quantitative estimate of drug-likeness (QED) is 0.492. The Morgan fingerprint density at radius 2 is 1.46 bits per heavy atom. The third-order valence-electron chi connectivity index (χ3n) is 0.699. The monoisotopic (exact) mass is 188 g/mol. The first kappa shape index (κ1) is 14.3. The Bertz CT molecular complexity index is 180. The van der Waals surface area contributed by atoms with Crippen molar-refractivity contribution in [1.29, 1.82) is 0 Å². The van der Waals surface area contributed by atoms with Crippen LogP contribution >= 0.6 is 0 Å². The zero-order valence-electron chi connectivity index (χ0n) is 8.55. The molecule has 0 rings (SSSR count). The second-order valence-corrected chi connectivity index (χ2v) is 2.59. The van der Waals surface area contributed by atoms with E-state index in [-0.39, 0.29) is 18.0 Å². The Morgan fingerprint density at radius 3 is 1.69 bits per heavy atom. The molecule has 13 heavy (non-hydrogen) atoms. The molecule has 0 aromatic carbocycles. The Morgan fingerprint density at radius 1 is 1.08 bits per heavy atom. The first-order valence-corrected chi connectivity index (χ1v) is 4.02. The van der Waals surface area contributed by atoms with E-state index in [1.165, 1.54) is 20.8 Å². The molecular weight excluding hydrogens is 172 g/mol. The molecule has 4 nitrogen and oxygen atoms in total. The number of ether oxygens (including phenoxy) is 1. The SMILES string of the molecule is CC(C)=O.CCOC(=O)CC(C)=O. The van der Waals surface area contributed by atoms with E-state index in [1.54, 1.807) is 6.92 Å². The molecule has 0 heterocycles. The van der Waals surface area contributed by atoms with Gasteiger partial charge in [0.2, 0.25) is 0 Å².